The number of hydrogen-bond donors (Lipinski definition) is 1. The number of methoxy groups -OCH3 is 1. The third-order valence-electron chi connectivity index (χ3n) is 6.72. The van der Waals surface area contributed by atoms with Crippen molar-refractivity contribution in [2.45, 2.75) is 56.9 Å². The Morgan fingerprint density at radius 1 is 1.23 bits per heavy atom. The molecular weight excluding hydrogens is 388 g/mol. The summed E-state index contributed by atoms with van der Waals surface area (Å²) < 4.78 is 9.49. The van der Waals surface area contributed by atoms with Crippen LogP contribution in [-0.4, -0.2) is 43.4 Å². The second-order valence-electron chi connectivity index (χ2n) is 8.76. The molecule has 1 aliphatic heterocycles. The number of nitrogens with one attached hydrogen (secondary N) is 1. The first-order valence-corrected chi connectivity index (χ1v) is 13.2. The van der Waals surface area contributed by atoms with Crippen molar-refractivity contribution in [2.75, 3.05) is 26.7 Å². The van der Waals surface area contributed by atoms with Gasteiger partial charge in [-0.15, -0.1) is 9.39 Å². The highest BCUT2D eigenvalue weighted by Crippen LogP contribution is 2.46. The molecule has 162 valence electrons. The second kappa shape index (κ2) is 8.78. The molecule has 30 heavy (non-hydrogen) atoms. The smallest absolute Gasteiger partial charge is 0.125 e. The molecule has 4 heteroatoms. The van der Waals surface area contributed by atoms with Crippen molar-refractivity contribution in [2.24, 2.45) is 0 Å². The second-order valence-corrected chi connectivity index (χ2v) is 11.3. The zero-order chi connectivity index (χ0) is 21.3. The minimum absolute atomic E-state index is 0.567. The molecule has 2 aliphatic rings. The van der Waals surface area contributed by atoms with Crippen LogP contribution in [0.15, 0.2) is 35.2 Å². The molecule has 4 rings (SSSR count). The fourth-order valence-corrected chi connectivity index (χ4v) is 6.67. The lowest BCUT2D eigenvalue weighted by molar-refractivity contribution is 0.184. The van der Waals surface area contributed by atoms with Gasteiger partial charge in [-0.25, -0.2) is 0 Å². The third kappa shape index (κ3) is 4.05. The van der Waals surface area contributed by atoms with Crippen molar-refractivity contribution in [1.29, 1.82) is 0 Å². The normalized spacial score (nSPS) is 18.4. The van der Waals surface area contributed by atoms with Crippen LogP contribution < -0.4 is 9.46 Å². The maximum absolute atomic E-state index is 5.83. The van der Waals surface area contributed by atoms with Crippen molar-refractivity contribution in [1.82, 2.24) is 9.62 Å². The molecule has 0 bridgehead atoms. The molecule has 1 unspecified atom stereocenters. The summed E-state index contributed by atoms with van der Waals surface area (Å²) in [5.74, 6) is 9.96. The van der Waals surface area contributed by atoms with Gasteiger partial charge in [-0.3, -0.25) is 9.62 Å². The van der Waals surface area contributed by atoms with E-state index in [-0.39, 0.29) is 0 Å². The lowest BCUT2D eigenvalue weighted by Crippen LogP contribution is -2.36. The van der Waals surface area contributed by atoms with Gasteiger partial charge in [0.25, 0.3) is 0 Å². The van der Waals surface area contributed by atoms with Crippen molar-refractivity contribution >= 4 is 21.1 Å². The number of benzene rings is 2. The quantitative estimate of drug-likeness (QED) is 0.475. The predicted octanol–water partition coefficient (Wildman–Crippen LogP) is 5.03. The molecule has 0 radical (unpaired) electrons. The van der Waals surface area contributed by atoms with Gasteiger partial charge < -0.3 is 4.74 Å². The van der Waals surface area contributed by atoms with E-state index in [2.05, 4.69) is 65.5 Å². The summed E-state index contributed by atoms with van der Waals surface area (Å²) in [7, 11) is 0.386. The van der Waals surface area contributed by atoms with E-state index < -0.39 is 9.39 Å². The van der Waals surface area contributed by atoms with Crippen LogP contribution in [-0.2, 0) is 19.3 Å². The molecule has 0 amide bonds. The van der Waals surface area contributed by atoms with Crippen LogP contribution in [0.5, 0.6) is 5.75 Å². The molecule has 0 spiro atoms. The van der Waals surface area contributed by atoms with Gasteiger partial charge in [0, 0.05) is 30.6 Å². The van der Waals surface area contributed by atoms with Gasteiger partial charge in [0.2, 0.25) is 0 Å². The molecule has 0 aromatic heterocycles. The molecule has 2 aromatic carbocycles. The Hall–Kier alpha value is -1.75. The minimum atomic E-state index is -1.44. The monoisotopic (exact) mass is 424 g/mol. The van der Waals surface area contributed by atoms with Gasteiger partial charge in [-0.2, -0.15) is 0 Å². The van der Waals surface area contributed by atoms with E-state index in [4.69, 9.17) is 4.74 Å². The van der Waals surface area contributed by atoms with Gasteiger partial charge in [0.15, 0.2) is 0 Å². The Labute approximate surface area is 183 Å². The van der Waals surface area contributed by atoms with E-state index in [0.29, 0.717) is 6.04 Å². The van der Waals surface area contributed by atoms with Gasteiger partial charge in [-0.05, 0) is 73.4 Å². The fraction of sp³-hybridized carbons (Fsp3) is 0.462. The molecule has 1 atom stereocenters. The van der Waals surface area contributed by atoms with Crippen LogP contribution in [0.25, 0.3) is 0 Å². The van der Waals surface area contributed by atoms with Gasteiger partial charge in [-0.1, -0.05) is 42.4 Å². The average molecular weight is 425 g/mol. The first-order valence-electron chi connectivity index (χ1n) is 11.2. The molecule has 1 N–H and O–H groups in total. The standard InChI is InChI=1S/C26H36N2OS/c1-6-20-18-21-13-16-28(24-12-11-23(25(21)24)26(20)29-3)15-8-14-27-30(4,5)22-10-7-9-19(2)17-22/h7,9-10,17-18,24,27H,4-6,8,11-16H2,1-3H3. The number of ether oxygens (including phenoxy) is 1. The van der Waals surface area contributed by atoms with E-state index in [1.54, 1.807) is 11.1 Å². The number of aryl methyl sites for hydroxylation is 2. The van der Waals surface area contributed by atoms with E-state index in [0.717, 1.165) is 51.1 Å². The number of nitrogens with zero attached hydrogens (tertiary/aromatic N) is 1. The number of hydrogen-bond acceptors (Lipinski definition) is 3. The maximum Gasteiger partial charge on any atom is 0.125 e. The summed E-state index contributed by atoms with van der Waals surface area (Å²) in [6.07, 6.45) is 5.70. The Kier molecular flexibility index (Phi) is 6.29. The summed E-state index contributed by atoms with van der Waals surface area (Å²) in [5.41, 5.74) is 7.28. The van der Waals surface area contributed by atoms with Gasteiger partial charge in [0.05, 0.1) is 7.11 Å². The van der Waals surface area contributed by atoms with Crippen LogP contribution in [0.3, 0.4) is 0 Å². The number of rotatable bonds is 8. The maximum atomic E-state index is 5.83. The topological polar surface area (TPSA) is 24.5 Å². The molecule has 1 aliphatic carbocycles. The summed E-state index contributed by atoms with van der Waals surface area (Å²) in [6, 6.07) is 11.6. The molecule has 2 aromatic rings. The SMILES string of the molecule is C=S(=C)(NCCCN1CCc2cc(CC)c(OC)c3c2C1CC3)c1cccc(C)c1. The van der Waals surface area contributed by atoms with Crippen LogP contribution >= 0.6 is 9.39 Å². The predicted molar refractivity (Wildman–Crippen MR) is 133 cm³/mol. The Morgan fingerprint density at radius 3 is 2.80 bits per heavy atom. The van der Waals surface area contributed by atoms with E-state index in [9.17, 15) is 0 Å². The van der Waals surface area contributed by atoms with Crippen molar-refractivity contribution in [3.05, 3.63) is 58.1 Å². The molecule has 3 nitrogen and oxygen atoms in total. The first kappa shape index (κ1) is 21.5. The summed E-state index contributed by atoms with van der Waals surface area (Å²) in [4.78, 5) is 3.93. The summed E-state index contributed by atoms with van der Waals surface area (Å²) in [6.45, 7) is 7.60. The molecule has 0 saturated heterocycles. The minimum Gasteiger partial charge on any atom is -0.496 e. The highest BCUT2D eigenvalue weighted by atomic mass is 32.2. The lowest BCUT2D eigenvalue weighted by Gasteiger charge is -2.36. The Balaban J connectivity index is 1.40. The van der Waals surface area contributed by atoms with Gasteiger partial charge in [0.1, 0.15) is 5.75 Å². The molecule has 0 saturated carbocycles. The first-order chi connectivity index (χ1) is 14.4. The van der Waals surface area contributed by atoms with E-state index >= 15 is 0 Å². The third-order valence-corrected chi connectivity index (χ3v) is 8.63. The average Bonchev–Trinajstić information content (AvgIpc) is 3.18. The summed E-state index contributed by atoms with van der Waals surface area (Å²) >= 11 is 0. The fourth-order valence-electron chi connectivity index (χ4n) is 5.22. The zero-order valence-corrected chi connectivity index (χ0v) is 19.6. The van der Waals surface area contributed by atoms with E-state index in [1.807, 2.05) is 7.11 Å². The highest BCUT2D eigenvalue weighted by Gasteiger charge is 2.35. The Morgan fingerprint density at radius 2 is 2.07 bits per heavy atom. The van der Waals surface area contributed by atoms with Crippen molar-refractivity contribution in [3.63, 3.8) is 0 Å². The van der Waals surface area contributed by atoms with Crippen LogP contribution in [0.4, 0.5) is 0 Å². The van der Waals surface area contributed by atoms with Crippen LogP contribution in [0, 0.1) is 6.92 Å². The van der Waals surface area contributed by atoms with Crippen molar-refractivity contribution in [3.8, 4) is 5.75 Å². The lowest BCUT2D eigenvalue weighted by atomic mass is 9.90. The van der Waals surface area contributed by atoms with Gasteiger partial charge >= 0.3 is 0 Å². The molecular formula is C26H36N2OS. The highest BCUT2D eigenvalue weighted by molar-refractivity contribution is 8.26. The Bertz CT molecular complexity index is 1030. The summed E-state index contributed by atoms with van der Waals surface area (Å²) in [5, 5.41) is 0. The zero-order valence-electron chi connectivity index (χ0n) is 18.8. The van der Waals surface area contributed by atoms with Crippen LogP contribution in [0.1, 0.15) is 53.6 Å². The van der Waals surface area contributed by atoms with Crippen LogP contribution in [0.2, 0.25) is 0 Å². The van der Waals surface area contributed by atoms with Crippen molar-refractivity contribution < 1.29 is 4.74 Å². The van der Waals surface area contributed by atoms with E-state index in [1.165, 1.54) is 28.0 Å². The largest absolute Gasteiger partial charge is 0.496 e. The molecule has 0 fully saturated rings. The molecule has 1 heterocycles.